The molecule has 0 saturated heterocycles. The minimum Gasteiger partial charge on any atom is -0.355 e. The van der Waals surface area contributed by atoms with Gasteiger partial charge in [0.1, 0.15) is 0 Å². The molecule has 0 aliphatic rings. The van der Waals surface area contributed by atoms with Gasteiger partial charge in [-0.1, -0.05) is 0 Å². The number of carbonyl (C=O) groups is 1. The van der Waals surface area contributed by atoms with Crippen molar-refractivity contribution < 1.29 is 4.79 Å². The Balaban J connectivity index is 3.54. The van der Waals surface area contributed by atoms with Gasteiger partial charge in [0, 0.05) is 12.4 Å². The Bertz CT molecular complexity index is 133. The molecule has 0 saturated carbocycles. The number of amides is 1. The molecule has 0 heterocycles. The maximum Gasteiger partial charge on any atom is 0.235 e. The van der Waals surface area contributed by atoms with Crippen molar-refractivity contribution in [3.63, 3.8) is 0 Å². The van der Waals surface area contributed by atoms with Crippen LogP contribution in [-0.2, 0) is 4.79 Å². The first kappa shape index (κ1) is 11.1. The maximum absolute atomic E-state index is 11.1. The number of nitrogens with one attached hydrogen (secondary N) is 1. The summed E-state index contributed by atoms with van der Waals surface area (Å²) in [6, 6.07) is 0. The highest BCUT2D eigenvalue weighted by atomic mass is 35.5. The van der Waals surface area contributed by atoms with Crippen LogP contribution in [0.4, 0.5) is 0 Å². The zero-order valence-electron chi connectivity index (χ0n) is 6.85. The molecule has 0 aromatic carbocycles. The predicted octanol–water partition coefficient (Wildman–Crippen LogP) is 1.44. The second-order valence-electron chi connectivity index (χ2n) is 2.86. The number of thiol groups is 1. The quantitative estimate of drug-likeness (QED) is 0.397. The minimum atomic E-state index is -0.591. The molecule has 0 bridgehead atoms. The van der Waals surface area contributed by atoms with E-state index in [0.29, 0.717) is 12.4 Å². The van der Waals surface area contributed by atoms with Gasteiger partial charge in [-0.2, -0.15) is 12.6 Å². The van der Waals surface area contributed by atoms with Crippen molar-refractivity contribution in [3.05, 3.63) is 0 Å². The molecule has 0 atom stereocenters. The van der Waals surface area contributed by atoms with Crippen molar-refractivity contribution >= 4 is 30.1 Å². The Labute approximate surface area is 78.1 Å². The lowest BCUT2D eigenvalue weighted by Gasteiger charge is -2.16. The molecule has 1 amide bonds. The van der Waals surface area contributed by atoms with Crippen molar-refractivity contribution in [2.45, 2.75) is 25.0 Å². The van der Waals surface area contributed by atoms with Gasteiger partial charge in [0.25, 0.3) is 0 Å². The summed E-state index contributed by atoms with van der Waals surface area (Å²) in [6.07, 6.45) is 0.803. The van der Waals surface area contributed by atoms with Crippen LogP contribution in [0, 0.1) is 0 Å². The molecule has 0 aliphatic heterocycles. The van der Waals surface area contributed by atoms with Crippen molar-refractivity contribution in [2.75, 3.05) is 12.4 Å². The van der Waals surface area contributed by atoms with Crippen LogP contribution in [0.3, 0.4) is 0 Å². The molecule has 0 rings (SSSR count). The molecule has 4 heteroatoms. The average Bonchev–Trinajstić information content (AvgIpc) is 1.86. The van der Waals surface area contributed by atoms with E-state index < -0.39 is 4.75 Å². The van der Waals surface area contributed by atoms with Gasteiger partial charge in [-0.25, -0.2) is 0 Å². The first-order valence-electron chi connectivity index (χ1n) is 3.55. The highest BCUT2D eigenvalue weighted by Crippen LogP contribution is 2.10. The number of alkyl halides is 1. The van der Waals surface area contributed by atoms with E-state index in [1.807, 2.05) is 0 Å². The van der Waals surface area contributed by atoms with E-state index in [9.17, 15) is 4.79 Å². The van der Waals surface area contributed by atoms with Gasteiger partial charge < -0.3 is 5.32 Å². The molecule has 11 heavy (non-hydrogen) atoms. The van der Waals surface area contributed by atoms with Gasteiger partial charge >= 0.3 is 0 Å². The molecule has 2 nitrogen and oxygen atoms in total. The molecule has 0 aliphatic carbocycles. The summed E-state index contributed by atoms with van der Waals surface area (Å²) >= 11 is 9.54. The second-order valence-corrected chi connectivity index (χ2v) is 4.35. The Morgan fingerprint density at radius 3 is 2.55 bits per heavy atom. The van der Waals surface area contributed by atoms with Crippen molar-refractivity contribution in [1.82, 2.24) is 5.32 Å². The van der Waals surface area contributed by atoms with Gasteiger partial charge in [-0.3, -0.25) is 4.79 Å². The molecule has 0 radical (unpaired) electrons. The lowest BCUT2D eigenvalue weighted by molar-refractivity contribution is -0.122. The summed E-state index contributed by atoms with van der Waals surface area (Å²) in [7, 11) is 0. The zero-order valence-corrected chi connectivity index (χ0v) is 8.51. The van der Waals surface area contributed by atoms with Gasteiger partial charge in [0.2, 0.25) is 5.91 Å². The van der Waals surface area contributed by atoms with Gasteiger partial charge in [-0.15, -0.1) is 11.6 Å². The summed E-state index contributed by atoms with van der Waals surface area (Å²) in [5, 5.41) is 2.72. The standard InChI is InChI=1S/C7H14ClNOS/c1-7(2,11)6(10)9-5-3-4-8/h11H,3-5H2,1-2H3,(H,9,10). The van der Waals surface area contributed by atoms with Crippen LogP contribution < -0.4 is 5.32 Å². The SMILES string of the molecule is CC(C)(S)C(=O)NCCCCl. The monoisotopic (exact) mass is 195 g/mol. The van der Waals surface area contributed by atoms with Crippen LogP contribution in [0.2, 0.25) is 0 Å². The third-order valence-electron chi connectivity index (χ3n) is 1.15. The average molecular weight is 196 g/mol. The predicted molar refractivity (Wildman–Crippen MR) is 51.4 cm³/mol. The third kappa shape index (κ3) is 5.39. The summed E-state index contributed by atoms with van der Waals surface area (Å²) in [4.78, 5) is 11.1. The second kappa shape index (κ2) is 4.88. The van der Waals surface area contributed by atoms with E-state index in [0.717, 1.165) is 6.42 Å². The first-order valence-corrected chi connectivity index (χ1v) is 4.53. The van der Waals surface area contributed by atoms with Crippen molar-refractivity contribution in [1.29, 1.82) is 0 Å². The van der Waals surface area contributed by atoms with Crippen molar-refractivity contribution in [3.8, 4) is 0 Å². The van der Waals surface area contributed by atoms with Crippen LogP contribution in [-0.4, -0.2) is 23.1 Å². The summed E-state index contributed by atoms with van der Waals surface area (Å²) < 4.78 is -0.591. The topological polar surface area (TPSA) is 29.1 Å². The highest BCUT2D eigenvalue weighted by molar-refractivity contribution is 7.82. The Kier molecular flexibility index (Phi) is 4.93. The van der Waals surface area contributed by atoms with E-state index in [2.05, 4.69) is 17.9 Å². The van der Waals surface area contributed by atoms with E-state index in [4.69, 9.17) is 11.6 Å². The maximum atomic E-state index is 11.1. The molecule has 0 spiro atoms. The van der Waals surface area contributed by atoms with E-state index in [1.165, 1.54) is 0 Å². The van der Waals surface area contributed by atoms with Crippen LogP contribution in [0.5, 0.6) is 0 Å². The smallest absolute Gasteiger partial charge is 0.235 e. The molecule has 0 unspecified atom stereocenters. The molecule has 0 aromatic rings. The third-order valence-corrected chi connectivity index (χ3v) is 1.62. The molecule has 1 N–H and O–H groups in total. The molecule has 66 valence electrons. The summed E-state index contributed by atoms with van der Waals surface area (Å²) in [5.41, 5.74) is 0. The lowest BCUT2D eigenvalue weighted by Crippen LogP contribution is -2.38. The van der Waals surface area contributed by atoms with E-state index >= 15 is 0 Å². The number of rotatable bonds is 4. The van der Waals surface area contributed by atoms with E-state index in [-0.39, 0.29) is 5.91 Å². The van der Waals surface area contributed by atoms with Crippen LogP contribution >= 0.6 is 24.2 Å². The highest BCUT2D eigenvalue weighted by Gasteiger charge is 2.21. The summed E-state index contributed by atoms with van der Waals surface area (Å²) in [5.74, 6) is 0.527. The largest absolute Gasteiger partial charge is 0.355 e. The first-order chi connectivity index (χ1) is 4.98. The number of carbonyl (C=O) groups excluding carboxylic acids is 1. The number of hydrogen-bond acceptors (Lipinski definition) is 2. The Hall–Kier alpha value is 0.110. The molecule has 0 aromatic heterocycles. The summed E-state index contributed by atoms with van der Waals surface area (Å²) in [6.45, 7) is 4.14. The van der Waals surface area contributed by atoms with Crippen LogP contribution in [0.1, 0.15) is 20.3 Å². The van der Waals surface area contributed by atoms with Crippen molar-refractivity contribution in [2.24, 2.45) is 0 Å². The zero-order chi connectivity index (χ0) is 8.91. The Morgan fingerprint density at radius 2 is 2.18 bits per heavy atom. The number of halogens is 1. The van der Waals surface area contributed by atoms with E-state index in [1.54, 1.807) is 13.8 Å². The van der Waals surface area contributed by atoms with Gasteiger partial charge in [0.15, 0.2) is 0 Å². The van der Waals surface area contributed by atoms with Crippen LogP contribution in [0.25, 0.3) is 0 Å². The molecular weight excluding hydrogens is 182 g/mol. The Morgan fingerprint density at radius 1 is 1.64 bits per heavy atom. The van der Waals surface area contributed by atoms with Gasteiger partial charge in [0.05, 0.1) is 4.75 Å². The van der Waals surface area contributed by atoms with Gasteiger partial charge in [-0.05, 0) is 20.3 Å². The molecular formula is C7H14ClNOS. The number of hydrogen-bond donors (Lipinski definition) is 2. The fraction of sp³-hybridized carbons (Fsp3) is 0.857. The lowest BCUT2D eigenvalue weighted by atomic mass is 10.2. The van der Waals surface area contributed by atoms with Crippen LogP contribution in [0.15, 0.2) is 0 Å². The fourth-order valence-electron chi connectivity index (χ4n) is 0.485. The normalized spacial score (nSPS) is 11.3. The minimum absolute atomic E-state index is 0.0500. The molecule has 0 fully saturated rings. The fourth-order valence-corrected chi connectivity index (χ4v) is 0.698.